The van der Waals surface area contributed by atoms with Gasteiger partial charge < -0.3 is 5.73 Å². The van der Waals surface area contributed by atoms with Crippen molar-refractivity contribution in [2.45, 2.75) is 6.54 Å². The van der Waals surface area contributed by atoms with Crippen LogP contribution >= 0.6 is 11.6 Å². The van der Waals surface area contributed by atoms with Gasteiger partial charge in [-0.2, -0.15) is 0 Å². The van der Waals surface area contributed by atoms with Gasteiger partial charge in [0.25, 0.3) is 0 Å². The minimum atomic E-state index is -0.469. The van der Waals surface area contributed by atoms with Gasteiger partial charge >= 0.3 is 0 Å². The molecule has 0 radical (unpaired) electrons. The van der Waals surface area contributed by atoms with E-state index in [9.17, 15) is 4.39 Å². The average molecular weight is 304 g/mol. The molecule has 0 atom stereocenters. The molecule has 7 heteroatoms. The van der Waals surface area contributed by atoms with Crippen LogP contribution in [0.3, 0.4) is 0 Å². The van der Waals surface area contributed by atoms with E-state index in [0.29, 0.717) is 23.0 Å². The van der Waals surface area contributed by atoms with E-state index in [-0.39, 0.29) is 5.69 Å². The van der Waals surface area contributed by atoms with E-state index in [2.05, 4.69) is 15.5 Å². The maximum absolute atomic E-state index is 13.2. The third-order valence-electron chi connectivity index (χ3n) is 3.06. The molecular formula is C14H11ClFN5. The second-order valence-electron chi connectivity index (χ2n) is 4.49. The van der Waals surface area contributed by atoms with E-state index in [1.807, 2.05) is 18.2 Å². The summed E-state index contributed by atoms with van der Waals surface area (Å²) in [5.41, 5.74) is 7.17. The highest BCUT2D eigenvalue weighted by atomic mass is 35.5. The summed E-state index contributed by atoms with van der Waals surface area (Å²) in [6.07, 6.45) is 0. The van der Waals surface area contributed by atoms with Crippen LogP contribution in [0.2, 0.25) is 5.02 Å². The summed E-state index contributed by atoms with van der Waals surface area (Å²) in [7, 11) is 0. The standard InChI is InChI=1S/C14H11ClFN5/c15-11-4-2-1-3-10(11)8-21-14(18-19-20-21)9-5-6-12(16)13(17)7-9/h1-7H,8,17H2. The summed E-state index contributed by atoms with van der Waals surface area (Å²) in [4.78, 5) is 0. The van der Waals surface area contributed by atoms with Crippen LogP contribution in [-0.4, -0.2) is 20.2 Å². The normalized spacial score (nSPS) is 10.8. The largest absolute Gasteiger partial charge is 0.396 e. The molecular weight excluding hydrogens is 293 g/mol. The quantitative estimate of drug-likeness (QED) is 0.755. The van der Waals surface area contributed by atoms with Gasteiger partial charge in [0.05, 0.1) is 12.2 Å². The first-order chi connectivity index (χ1) is 10.1. The molecule has 0 saturated heterocycles. The predicted octanol–water partition coefficient (Wildman–Crippen LogP) is 2.76. The van der Waals surface area contributed by atoms with Crippen LogP contribution in [0, 0.1) is 5.82 Å². The van der Waals surface area contributed by atoms with Crippen LogP contribution in [-0.2, 0) is 6.54 Å². The Kier molecular flexibility index (Phi) is 3.53. The van der Waals surface area contributed by atoms with Crippen molar-refractivity contribution >= 4 is 17.3 Å². The lowest BCUT2D eigenvalue weighted by atomic mass is 10.1. The summed E-state index contributed by atoms with van der Waals surface area (Å²) in [6.45, 7) is 0.416. The molecule has 0 spiro atoms. The molecule has 0 aliphatic rings. The van der Waals surface area contributed by atoms with E-state index >= 15 is 0 Å². The second-order valence-corrected chi connectivity index (χ2v) is 4.90. The van der Waals surface area contributed by atoms with Crippen molar-refractivity contribution in [3.05, 3.63) is 58.9 Å². The highest BCUT2D eigenvalue weighted by Crippen LogP contribution is 2.23. The number of tetrazole rings is 1. The lowest BCUT2D eigenvalue weighted by molar-refractivity contribution is 0.632. The molecule has 3 aromatic rings. The van der Waals surface area contributed by atoms with Crippen molar-refractivity contribution in [2.24, 2.45) is 0 Å². The van der Waals surface area contributed by atoms with Crippen molar-refractivity contribution in [3.8, 4) is 11.4 Å². The molecule has 0 fully saturated rings. The minimum Gasteiger partial charge on any atom is -0.396 e. The fraction of sp³-hybridized carbons (Fsp3) is 0.0714. The number of hydrogen-bond donors (Lipinski definition) is 1. The number of nitrogens with two attached hydrogens (primary N) is 1. The van der Waals surface area contributed by atoms with E-state index in [1.54, 1.807) is 16.8 Å². The molecule has 0 aliphatic carbocycles. The van der Waals surface area contributed by atoms with Gasteiger partial charge in [-0.25, -0.2) is 9.07 Å². The Bertz CT molecular complexity index is 787. The van der Waals surface area contributed by atoms with Gasteiger partial charge in [0, 0.05) is 10.6 Å². The van der Waals surface area contributed by atoms with Gasteiger partial charge in [-0.3, -0.25) is 0 Å². The first kappa shape index (κ1) is 13.5. The van der Waals surface area contributed by atoms with Crippen LogP contribution in [0.4, 0.5) is 10.1 Å². The second kappa shape index (κ2) is 5.49. The van der Waals surface area contributed by atoms with Crippen molar-refractivity contribution in [1.82, 2.24) is 20.2 Å². The molecule has 5 nitrogen and oxygen atoms in total. The molecule has 1 heterocycles. The maximum atomic E-state index is 13.2. The smallest absolute Gasteiger partial charge is 0.182 e. The van der Waals surface area contributed by atoms with Crippen molar-refractivity contribution in [3.63, 3.8) is 0 Å². The Balaban J connectivity index is 1.97. The zero-order valence-electron chi connectivity index (χ0n) is 10.9. The molecule has 21 heavy (non-hydrogen) atoms. The first-order valence-corrected chi connectivity index (χ1v) is 6.58. The minimum absolute atomic E-state index is 0.0554. The number of benzene rings is 2. The Morgan fingerprint density at radius 1 is 1.19 bits per heavy atom. The van der Waals surface area contributed by atoms with Gasteiger partial charge in [-0.1, -0.05) is 29.8 Å². The zero-order valence-corrected chi connectivity index (χ0v) is 11.6. The summed E-state index contributed by atoms with van der Waals surface area (Å²) in [6, 6.07) is 11.8. The summed E-state index contributed by atoms with van der Waals surface area (Å²) in [5, 5.41) is 12.2. The van der Waals surface area contributed by atoms with Crippen molar-refractivity contribution in [2.75, 3.05) is 5.73 Å². The molecule has 2 N–H and O–H groups in total. The molecule has 0 aliphatic heterocycles. The van der Waals surface area contributed by atoms with Gasteiger partial charge in [0.2, 0.25) is 0 Å². The van der Waals surface area contributed by atoms with Gasteiger partial charge in [0.15, 0.2) is 5.82 Å². The SMILES string of the molecule is Nc1cc(-c2nnnn2Cc2ccccc2Cl)ccc1F. The first-order valence-electron chi connectivity index (χ1n) is 6.20. The average Bonchev–Trinajstić information content (AvgIpc) is 2.93. The Hall–Kier alpha value is -2.47. The third kappa shape index (κ3) is 2.71. The molecule has 1 aromatic heterocycles. The fourth-order valence-electron chi connectivity index (χ4n) is 1.99. The highest BCUT2D eigenvalue weighted by molar-refractivity contribution is 6.31. The number of anilines is 1. The Morgan fingerprint density at radius 2 is 2.00 bits per heavy atom. The molecule has 0 unspecified atom stereocenters. The van der Waals surface area contributed by atoms with Crippen LogP contribution < -0.4 is 5.73 Å². The zero-order chi connectivity index (χ0) is 14.8. The number of nitrogens with zero attached hydrogens (tertiary/aromatic N) is 4. The molecule has 3 rings (SSSR count). The monoisotopic (exact) mass is 303 g/mol. The van der Waals surface area contributed by atoms with E-state index in [0.717, 1.165) is 5.56 Å². The molecule has 106 valence electrons. The number of rotatable bonds is 3. The van der Waals surface area contributed by atoms with Crippen LogP contribution in [0.25, 0.3) is 11.4 Å². The third-order valence-corrected chi connectivity index (χ3v) is 3.43. The fourth-order valence-corrected chi connectivity index (χ4v) is 2.18. The molecule has 0 bridgehead atoms. The molecule has 0 saturated carbocycles. The highest BCUT2D eigenvalue weighted by Gasteiger charge is 2.12. The number of aromatic nitrogens is 4. The summed E-state index contributed by atoms with van der Waals surface area (Å²) >= 11 is 6.13. The van der Waals surface area contributed by atoms with Gasteiger partial charge in [-0.15, -0.1) is 5.10 Å². The molecule has 0 amide bonds. The van der Waals surface area contributed by atoms with E-state index in [4.69, 9.17) is 17.3 Å². The van der Waals surface area contributed by atoms with Crippen LogP contribution in [0.15, 0.2) is 42.5 Å². The van der Waals surface area contributed by atoms with Crippen LogP contribution in [0.1, 0.15) is 5.56 Å². The lowest BCUT2D eigenvalue weighted by Crippen LogP contribution is -2.05. The van der Waals surface area contributed by atoms with Crippen molar-refractivity contribution < 1.29 is 4.39 Å². The van der Waals surface area contributed by atoms with Gasteiger partial charge in [0.1, 0.15) is 5.82 Å². The lowest BCUT2D eigenvalue weighted by Gasteiger charge is -2.07. The Morgan fingerprint density at radius 3 is 2.76 bits per heavy atom. The molecule has 2 aromatic carbocycles. The number of halogens is 2. The summed E-state index contributed by atoms with van der Waals surface area (Å²) in [5.74, 6) is 0.0329. The number of nitrogen functional groups attached to an aromatic ring is 1. The Labute approximate surface area is 125 Å². The summed E-state index contributed by atoms with van der Waals surface area (Å²) < 4.78 is 14.8. The van der Waals surface area contributed by atoms with E-state index in [1.165, 1.54) is 12.1 Å². The van der Waals surface area contributed by atoms with E-state index < -0.39 is 5.82 Å². The topological polar surface area (TPSA) is 69.6 Å². The van der Waals surface area contributed by atoms with Crippen LogP contribution in [0.5, 0.6) is 0 Å². The number of hydrogen-bond acceptors (Lipinski definition) is 4. The predicted molar refractivity (Wildman–Crippen MR) is 78.2 cm³/mol. The van der Waals surface area contributed by atoms with Crippen molar-refractivity contribution in [1.29, 1.82) is 0 Å². The van der Waals surface area contributed by atoms with Gasteiger partial charge in [-0.05, 0) is 40.3 Å². The maximum Gasteiger partial charge on any atom is 0.182 e.